The molecule has 116 valence electrons. The van der Waals surface area contributed by atoms with E-state index in [4.69, 9.17) is 4.74 Å². The van der Waals surface area contributed by atoms with Crippen molar-refractivity contribution in [2.45, 2.75) is 25.5 Å². The maximum Gasteiger partial charge on any atom is 0.234 e. The van der Waals surface area contributed by atoms with Crippen LogP contribution in [0.1, 0.15) is 20.8 Å². The Morgan fingerprint density at radius 1 is 1.05 bits per heavy atom. The van der Waals surface area contributed by atoms with E-state index in [1.165, 1.54) is 0 Å². The molecule has 0 unspecified atom stereocenters. The van der Waals surface area contributed by atoms with Crippen LogP contribution in [0.5, 0.6) is 11.5 Å². The zero-order chi connectivity index (χ0) is 16.0. The summed E-state index contributed by atoms with van der Waals surface area (Å²) in [5, 5.41) is 2.92. The highest BCUT2D eigenvalue weighted by molar-refractivity contribution is 8.01. The average Bonchev–Trinajstić information content (AvgIpc) is 2.48. The number of carbonyl (C=O) groups is 1. The van der Waals surface area contributed by atoms with Gasteiger partial charge >= 0.3 is 0 Å². The first kappa shape index (κ1) is 16.4. The molecule has 1 N–H and O–H groups in total. The van der Waals surface area contributed by atoms with Crippen LogP contribution in [0.25, 0.3) is 0 Å². The van der Waals surface area contributed by atoms with Crippen molar-refractivity contribution < 1.29 is 9.53 Å². The number of amides is 1. The minimum atomic E-state index is -0.0240. The van der Waals surface area contributed by atoms with Crippen LogP contribution >= 0.6 is 11.8 Å². The summed E-state index contributed by atoms with van der Waals surface area (Å²) in [6, 6.07) is 17.0. The Morgan fingerprint density at radius 3 is 2.36 bits per heavy atom. The summed E-state index contributed by atoms with van der Waals surface area (Å²) in [6.45, 7) is 6.28. The molecule has 0 saturated heterocycles. The van der Waals surface area contributed by atoms with E-state index in [-0.39, 0.29) is 10.7 Å². The Balaban J connectivity index is 2.04. The van der Waals surface area contributed by atoms with Gasteiger partial charge in [-0.25, -0.2) is 0 Å². The molecule has 0 bridgehead atoms. The maximum atomic E-state index is 12.1. The van der Waals surface area contributed by atoms with Gasteiger partial charge in [0.25, 0.3) is 0 Å². The van der Waals surface area contributed by atoms with Gasteiger partial charge < -0.3 is 10.1 Å². The third-order valence-electron chi connectivity index (χ3n) is 2.77. The van der Waals surface area contributed by atoms with Crippen molar-refractivity contribution in [3.05, 3.63) is 54.6 Å². The summed E-state index contributed by atoms with van der Waals surface area (Å²) >= 11 is 1.62. The predicted molar refractivity (Wildman–Crippen MR) is 93.8 cm³/mol. The minimum absolute atomic E-state index is 0.0240. The Kier molecular flexibility index (Phi) is 5.50. The van der Waals surface area contributed by atoms with Gasteiger partial charge in [0, 0.05) is 4.75 Å². The van der Waals surface area contributed by atoms with Gasteiger partial charge in [-0.15, -0.1) is 11.8 Å². The van der Waals surface area contributed by atoms with Crippen molar-refractivity contribution in [1.29, 1.82) is 0 Å². The van der Waals surface area contributed by atoms with Gasteiger partial charge in [0.15, 0.2) is 5.75 Å². The van der Waals surface area contributed by atoms with E-state index < -0.39 is 0 Å². The van der Waals surface area contributed by atoms with E-state index in [0.717, 1.165) is 5.75 Å². The van der Waals surface area contributed by atoms with E-state index in [2.05, 4.69) is 26.1 Å². The molecule has 2 aromatic rings. The molecular formula is C18H21NO2S. The fraction of sp³-hybridized carbons (Fsp3) is 0.278. The van der Waals surface area contributed by atoms with Crippen LogP contribution in [0, 0.1) is 0 Å². The predicted octanol–water partition coefficient (Wildman–Crippen LogP) is 4.95. The highest BCUT2D eigenvalue weighted by atomic mass is 32.2. The second-order valence-corrected chi connectivity index (χ2v) is 7.66. The van der Waals surface area contributed by atoms with Gasteiger partial charge in [-0.2, -0.15) is 0 Å². The van der Waals surface area contributed by atoms with Crippen LogP contribution < -0.4 is 10.1 Å². The molecule has 1 amide bonds. The summed E-state index contributed by atoms with van der Waals surface area (Å²) in [4.78, 5) is 12.1. The number of ether oxygens (including phenoxy) is 1. The summed E-state index contributed by atoms with van der Waals surface area (Å²) in [6.07, 6.45) is 0. The lowest BCUT2D eigenvalue weighted by molar-refractivity contribution is -0.113. The quantitative estimate of drug-likeness (QED) is 0.848. The van der Waals surface area contributed by atoms with E-state index in [9.17, 15) is 4.79 Å². The lowest BCUT2D eigenvalue weighted by Crippen LogP contribution is -2.19. The molecule has 0 heterocycles. The smallest absolute Gasteiger partial charge is 0.234 e. The number of hydrogen-bond donors (Lipinski definition) is 1. The molecule has 0 aliphatic heterocycles. The molecule has 0 radical (unpaired) electrons. The molecule has 22 heavy (non-hydrogen) atoms. The Bertz CT molecular complexity index is 620. The molecule has 0 aliphatic carbocycles. The number of rotatable bonds is 5. The monoisotopic (exact) mass is 315 g/mol. The van der Waals surface area contributed by atoms with E-state index >= 15 is 0 Å². The van der Waals surface area contributed by atoms with Crippen LogP contribution in [0.4, 0.5) is 5.69 Å². The number of carbonyl (C=O) groups excluding carboxylic acids is 1. The molecule has 2 rings (SSSR count). The number of hydrogen-bond acceptors (Lipinski definition) is 3. The molecule has 0 fully saturated rings. The molecule has 0 saturated carbocycles. The van der Waals surface area contributed by atoms with Crippen molar-refractivity contribution >= 4 is 23.4 Å². The zero-order valence-corrected chi connectivity index (χ0v) is 13.9. The van der Waals surface area contributed by atoms with Gasteiger partial charge in [-0.05, 0) is 24.3 Å². The van der Waals surface area contributed by atoms with Crippen LogP contribution in [0.2, 0.25) is 0 Å². The topological polar surface area (TPSA) is 38.3 Å². The molecule has 2 aromatic carbocycles. The number of thioether (sulfide) groups is 1. The number of para-hydroxylation sites is 3. The highest BCUT2D eigenvalue weighted by Gasteiger charge is 2.14. The summed E-state index contributed by atoms with van der Waals surface area (Å²) in [7, 11) is 0. The van der Waals surface area contributed by atoms with Crippen molar-refractivity contribution in [2.24, 2.45) is 0 Å². The van der Waals surface area contributed by atoms with E-state index in [1.807, 2.05) is 54.6 Å². The fourth-order valence-electron chi connectivity index (χ4n) is 1.74. The standard InChI is InChI=1S/C18H21NO2S/c1-18(2,3)22-13-17(20)19-15-11-7-8-12-16(15)21-14-9-5-4-6-10-14/h4-12H,13H2,1-3H3,(H,19,20). The van der Waals surface area contributed by atoms with Crippen molar-refractivity contribution in [2.75, 3.05) is 11.1 Å². The van der Waals surface area contributed by atoms with Crippen LogP contribution in [0.15, 0.2) is 54.6 Å². The molecule has 0 aliphatic rings. The van der Waals surface area contributed by atoms with Gasteiger partial charge in [0.2, 0.25) is 5.91 Å². The highest BCUT2D eigenvalue weighted by Crippen LogP contribution is 2.29. The summed E-state index contributed by atoms with van der Waals surface area (Å²) in [5.74, 6) is 1.78. The first-order valence-corrected chi connectivity index (χ1v) is 8.18. The third-order valence-corrected chi connectivity index (χ3v) is 4.04. The average molecular weight is 315 g/mol. The summed E-state index contributed by atoms with van der Waals surface area (Å²) < 4.78 is 5.90. The molecular weight excluding hydrogens is 294 g/mol. The summed E-state index contributed by atoms with van der Waals surface area (Å²) in [5.41, 5.74) is 0.686. The van der Waals surface area contributed by atoms with Gasteiger partial charge in [0.05, 0.1) is 11.4 Å². The Hall–Kier alpha value is -1.94. The van der Waals surface area contributed by atoms with Crippen molar-refractivity contribution in [1.82, 2.24) is 0 Å². The minimum Gasteiger partial charge on any atom is -0.455 e. The Labute approximate surface area is 136 Å². The molecule has 0 atom stereocenters. The lowest BCUT2D eigenvalue weighted by Gasteiger charge is -2.17. The van der Waals surface area contributed by atoms with Crippen molar-refractivity contribution in [3.8, 4) is 11.5 Å². The van der Waals surface area contributed by atoms with Gasteiger partial charge in [0.1, 0.15) is 5.75 Å². The SMILES string of the molecule is CC(C)(C)SCC(=O)Nc1ccccc1Oc1ccccc1. The number of nitrogens with one attached hydrogen (secondary N) is 1. The molecule has 4 heteroatoms. The first-order chi connectivity index (χ1) is 10.4. The largest absolute Gasteiger partial charge is 0.455 e. The Morgan fingerprint density at radius 2 is 1.68 bits per heavy atom. The second kappa shape index (κ2) is 7.36. The molecule has 0 aromatic heterocycles. The zero-order valence-electron chi connectivity index (χ0n) is 13.1. The number of benzene rings is 2. The van der Waals surface area contributed by atoms with Crippen LogP contribution in [-0.2, 0) is 4.79 Å². The lowest BCUT2D eigenvalue weighted by atomic mass is 10.3. The van der Waals surface area contributed by atoms with E-state index in [0.29, 0.717) is 17.2 Å². The van der Waals surface area contributed by atoms with E-state index in [1.54, 1.807) is 11.8 Å². The first-order valence-electron chi connectivity index (χ1n) is 7.20. The maximum absolute atomic E-state index is 12.1. The second-order valence-electron chi connectivity index (χ2n) is 5.86. The molecule has 0 spiro atoms. The molecule has 3 nitrogen and oxygen atoms in total. The van der Waals surface area contributed by atoms with Crippen molar-refractivity contribution in [3.63, 3.8) is 0 Å². The normalized spacial score (nSPS) is 11.0. The van der Waals surface area contributed by atoms with Crippen LogP contribution in [-0.4, -0.2) is 16.4 Å². The third kappa shape index (κ3) is 5.45. The van der Waals surface area contributed by atoms with Crippen LogP contribution in [0.3, 0.4) is 0 Å². The fourth-order valence-corrected chi connectivity index (χ4v) is 2.38. The van der Waals surface area contributed by atoms with Gasteiger partial charge in [-0.1, -0.05) is 51.1 Å². The number of anilines is 1. The van der Waals surface area contributed by atoms with Gasteiger partial charge in [-0.3, -0.25) is 4.79 Å².